The number of rotatable bonds is 5. The van der Waals surface area contributed by atoms with Gasteiger partial charge in [0.2, 0.25) is 0 Å². The Morgan fingerprint density at radius 1 is 1.04 bits per heavy atom. The highest BCUT2D eigenvalue weighted by Crippen LogP contribution is 2.37. The van der Waals surface area contributed by atoms with E-state index in [0.717, 1.165) is 44.9 Å². The van der Waals surface area contributed by atoms with Gasteiger partial charge in [0.25, 0.3) is 0 Å². The van der Waals surface area contributed by atoms with Gasteiger partial charge in [-0.3, -0.25) is 0 Å². The van der Waals surface area contributed by atoms with Crippen LogP contribution in [0.15, 0.2) is 40.8 Å². The number of fused-ring (bicyclic) bond motifs is 1. The van der Waals surface area contributed by atoms with Gasteiger partial charge in [-0.2, -0.15) is 0 Å². The van der Waals surface area contributed by atoms with Crippen LogP contribution in [0.3, 0.4) is 0 Å². The molecule has 3 aromatic rings. The number of aryl methyl sites for hydroxylation is 1. The van der Waals surface area contributed by atoms with Gasteiger partial charge in [0.1, 0.15) is 22.8 Å². The smallest absolute Gasteiger partial charge is 0.138 e. The summed E-state index contributed by atoms with van der Waals surface area (Å²) in [5.74, 6) is 2.39. The molecule has 0 unspecified atom stereocenters. The summed E-state index contributed by atoms with van der Waals surface area (Å²) in [4.78, 5) is 0. The Morgan fingerprint density at radius 2 is 1.78 bits per heavy atom. The van der Waals surface area contributed by atoms with Crippen molar-refractivity contribution in [3.63, 3.8) is 0 Å². The molecule has 1 aromatic heterocycles. The van der Waals surface area contributed by atoms with E-state index in [1.54, 1.807) is 14.2 Å². The minimum absolute atomic E-state index is 0.0874. The first-order chi connectivity index (χ1) is 11.2. The topological polar surface area (TPSA) is 51.8 Å². The standard InChI is InChI=1S/C19H20O4/c1-12-16-10-14(8-9-20)17(22-3)11-18(16)23-19(12)13-4-6-15(21-2)7-5-13/h4-7,10-11,20H,8-9H2,1-3H3. The van der Waals surface area contributed by atoms with Crippen LogP contribution in [-0.4, -0.2) is 25.9 Å². The van der Waals surface area contributed by atoms with Gasteiger partial charge in [-0.05, 0) is 49.2 Å². The van der Waals surface area contributed by atoms with E-state index in [1.165, 1.54) is 0 Å². The first-order valence-corrected chi connectivity index (χ1v) is 7.53. The lowest BCUT2D eigenvalue weighted by atomic mass is 10.0. The zero-order valence-electron chi connectivity index (χ0n) is 13.6. The molecule has 0 spiro atoms. The van der Waals surface area contributed by atoms with E-state index in [-0.39, 0.29) is 6.61 Å². The van der Waals surface area contributed by atoms with Crippen molar-refractivity contribution in [1.29, 1.82) is 0 Å². The zero-order valence-corrected chi connectivity index (χ0v) is 13.6. The lowest BCUT2D eigenvalue weighted by Crippen LogP contribution is -1.95. The van der Waals surface area contributed by atoms with Crippen LogP contribution in [-0.2, 0) is 6.42 Å². The lowest BCUT2D eigenvalue weighted by Gasteiger charge is -2.07. The number of ether oxygens (including phenoxy) is 2. The molecule has 0 fully saturated rings. The minimum atomic E-state index is 0.0874. The highest BCUT2D eigenvalue weighted by atomic mass is 16.5. The molecule has 1 N–H and O–H groups in total. The van der Waals surface area contributed by atoms with Crippen LogP contribution >= 0.6 is 0 Å². The minimum Gasteiger partial charge on any atom is -0.497 e. The second-order valence-corrected chi connectivity index (χ2v) is 5.42. The number of furan rings is 1. The summed E-state index contributed by atoms with van der Waals surface area (Å²) in [6.45, 7) is 2.13. The van der Waals surface area contributed by atoms with Crippen LogP contribution < -0.4 is 9.47 Å². The Labute approximate surface area is 135 Å². The van der Waals surface area contributed by atoms with E-state index in [2.05, 4.69) is 0 Å². The molecule has 0 aliphatic heterocycles. The largest absolute Gasteiger partial charge is 0.497 e. The Kier molecular flexibility index (Phi) is 4.26. The second kappa shape index (κ2) is 6.34. The normalized spacial score (nSPS) is 11.0. The van der Waals surface area contributed by atoms with Crippen LogP contribution in [0, 0.1) is 6.92 Å². The van der Waals surface area contributed by atoms with Crippen molar-refractivity contribution in [2.24, 2.45) is 0 Å². The summed E-state index contributed by atoms with van der Waals surface area (Å²) < 4.78 is 16.7. The molecule has 1 heterocycles. The Hall–Kier alpha value is -2.46. The predicted molar refractivity (Wildman–Crippen MR) is 90.3 cm³/mol. The first kappa shape index (κ1) is 15.4. The number of aliphatic hydroxyl groups excluding tert-OH is 1. The summed E-state index contributed by atoms with van der Waals surface area (Å²) in [6, 6.07) is 11.7. The SMILES string of the molecule is COc1ccc(-c2oc3cc(OC)c(CCO)cc3c2C)cc1. The first-order valence-electron chi connectivity index (χ1n) is 7.53. The van der Waals surface area contributed by atoms with E-state index in [1.807, 2.05) is 43.3 Å². The fourth-order valence-corrected chi connectivity index (χ4v) is 2.82. The summed E-state index contributed by atoms with van der Waals surface area (Å²) in [7, 11) is 3.28. The van der Waals surface area contributed by atoms with Crippen molar-refractivity contribution in [1.82, 2.24) is 0 Å². The maximum atomic E-state index is 9.22. The van der Waals surface area contributed by atoms with Gasteiger partial charge in [-0.1, -0.05) is 0 Å². The van der Waals surface area contributed by atoms with Gasteiger partial charge in [0, 0.05) is 29.2 Å². The summed E-state index contributed by atoms with van der Waals surface area (Å²) >= 11 is 0. The van der Waals surface area contributed by atoms with Gasteiger partial charge in [-0.15, -0.1) is 0 Å². The van der Waals surface area contributed by atoms with Crippen molar-refractivity contribution in [3.05, 3.63) is 47.5 Å². The maximum absolute atomic E-state index is 9.22. The van der Waals surface area contributed by atoms with E-state index in [0.29, 0.717) is 6.42 Å². The molecule has 0 bridgehead atoms. The average Bonchev–Trinajstić information content (AvgIpc) is 2.91. The van der Waals surface area contributed by atoms with Crippen LogP contribution in [0.5, 0.6) is 11.5 Å². The predicted octanol–water partition coefficient (Wildman–Crippen LogP) is 3.96. The molecule has 0 aliphatic carbocycles. The molecule has 0 atom stereocenters. The number of benzene rings is 2. The summed E-state index contributed by atoms with van der Waals surface area (Å²) in [6.07, 6.45) is 0.557. The molecule has 4 heteroatoms. The Morgan fingerprint density at radius 3 is 2.39 bits per heavy atom. The van der Waals surface area contributed by atoms with Gasteiger partial charge in [0.15, 0.2) is 0 Å². The van der Waals surface area contributed by atoms with Crippen molar-refractivity contribution in [2.45, 2.75) is 13.3 Å². The highest BCUT2D eigenvalue weighted by Gasteiger charge is 2.15. The lowest BCUT2D eigenvalue weighted by molar-refractivity contribution is 0.297. The third-order valence-electron chi connectivity index (χ3n) is 4.07. The molecular weight excluding hydrogens is 292 g/mol. The summed E-state index contributed by atoms with van der Waals surface area (Å²) in [5, 5.41) is 10.3. The number of hydrogen-bond donors (Lipinski definition) is 1. The number of methoxy groups -OCH3 is 2. The molecule has 0 aliphatic rings. The van der Waals surface area contributed by atoms with E-state index in [9.17, 15) is 5.11 Å². The molecule has 0 amide bonds. The molecule has 120 valence electrons. The maximum Gasteiger partial charge on any atom is 0.138 e. The molecule has 0 saturated carbocycles. The molecule has 3 rings (SSSR count). The van der Waals surface area contributed by atoms with Crippen LogP contribution in [0.4, 0.5) is 0 Å². The highest BCUT2D eigenvalue weighted by molar-refractivity contribution is 5.89. The average molecular weight is 312 g/mol. The van der Waals surface area contributed by atoms with Gasteiger partial charge in [0.05, 0.1) is 14.2 Å². The van der Waals surface area contributed by atoms with Gasteiger partial charge >= 0.3 is 0 Å². The fraction of sp³-hybridized carbons (Fsp3) is 0.263. The molecule has 23 heavy (non-hydrogen) atoms. The molecule has 0 radical (unpaired) electrons. The second-order valence-electron chi connectivity index (χ2n) is 5.42. The summed E-state index contributed by atoms with van der Waals surface area (Å²) in [5.41, 5.74) is 3.84. The third kappa shape index (κ3) is 2.78. The van der Waals surface area contributed by atoms with Crippen LogP contribution in [0.25, 0.3) is 22.3 Å². The molecular formula is C19H20O4. The fourth-order valence-electron chi connectivity index (χ4n) is 2.82. The van der Waals surface area contributed by atoms with Crippen molar-refractivity contribution in [2.75, 3.05) is 20.8 Å². The van der Waals surface area contributed by atoms with Gasteiger partial charge < -0.3 is 19.0 Å². The quantitative estimate of drug-likeness (QED) is 0.775. The number of hydrogen-bond acceptors (Lipinski definition) is 4. The van der Waals surface area contributed by atoms with Crippen molar-refractivity contribution >= 4 is 11.0 Å². The van der Waals surface area contributed by atoms with Gasteiger partial charge in [-0.25, -0.2) is 0 Å². The van der Waals surface area contributed by atoms with Crippen LogP contribution in [0.1, 0.15) is 11.1 Å². The van der Waals surface area contributed by atoms with Crippen LogP contribution in [0.2, 0.25) is 0 Å². The van der Waals surface area contributed by atoms with E-state index in [4.69, 9.17) is 13.9 Å². The molecule has 0 saturated heterocycles. The zero-order chi connectivity index (χ0) is 16.4. The number of aliphatic hydroxyl groups is 1. The van der Waals surface area contributed by atoms with Crippen molar-refractivity contribution in [3.8, 4) is 22.8 Å². The Balaban J connectivity index is 2.13. The molecule has 4 nitrogen and oxygen atoms in total. The third-order valence-corrected chi connectivity index (χ3v) is 4.07. The van der Waals surface area contributed by atoms with Crippen molar-refractivity contribution < 1.29 is 19.0 Å². The monoisotopic (exact) mass is 312 g/mol. The van der Waals surface area contributed by atoms with E-state index < -0.39 is 0 Å². The van der Waals surface area contributed by atoms with E-state index >= 15 is 0 Å². The molecule has 2 aromatic carbocycles. The Bertz CT molecular complexity index is 815.